The van der Waals surface area contributed by atoms with E-state index >= 15 is 0 Å². The molecule has 0 amide bonds. The summed E-state index contributed by atoms with van der Waals surface area (Å²) in [4.78, 5) is 66.9. The number of fused-ring (bicyclic) bond motifs is 1. The number of esters is 1. The average Bonchev–Trinajstić information content (AvgIpc) is 3.63. The minimum atomic E-state index is -5.65. The molecule has 14 heteroatoms. The van der Waals surface area contributed by atoms with Crippen molar-refractivity contribution < 1.29 is 38.2 Å². The van der Waals surface area contributed by atoms with Crippen LogP contribution in [0.1, 0.15) is 48.7 Å². The molecule has 0 spiro atoms. The Bertz CT molecular complexity index is 1380. The number of benzene rings is 1. The molecule has 196 valence electrons. The SMILES string of the molecule is C=C(C)c1cc2c(=O)c(C(=O)OC(C)(P(=O)(O)O)P(=O)(O)O)cn(C3CC3)c2cc1N1CCNCC1. The lowest BCUT2D eigenvalue weighted by atomic mass is 10.00. The summed E-state index contributed by atoms with van der Waals surface area (Å²) in [5.74, 6) is -1.53. The first-order chi connectivity index (χ1) is 16.7. The highest BCUT2D eigenvalue weighted by molar-refractivity contribution is 7.72. The summed E-state index contributed by atoms with van der Waals surface area (Å²) >= 11 is 0. The molecule has 1 aromatic carbocycles. The highest BCUT2D eigenvalue weighted by Gasteiger charge is 2.60. The average molecular weight is 541 g/mol. The number of nitrogens with zero attached hydrogens (tertiary/aromatic N) is 2. The quantitative estimate of drug-likeness (QED) is 0.256. The molecule has 0 radical (unpaired) electrons. The maximum atomic E-state index is 13.5. The smallest absolute Gasteiger partial charge is 0.381 e. The first-order valence-electron chi connectivity index (χ1n) is 11.3. The summed E-state index contributed by atoms with van der Waals surface area (Å²) < 4.78 is 30.2. The number of hydrogen-bond donors (Lipinski definition) is 5. The van der Waals surface area contributed by atoms with Crippen LogP contribution in [0.4, 0.5) is 5.69 Å². The van der Waals surface area contributed by atoms with E-state index in [0.717, 1.165) is 44.7 Å². The number of carbonyl (C=O) groups excluding carboxylic acids is 1. The number of pyridine rings is 1. The van der Waals surface area contributed by atoms with Gasteiger partial charge in [-0.05, 0) is 44.4 Å². The fourth-order valence-corrected chi connectivity index (χ4v) is 5.97. The minimum Gasteiger partial charge on any atom is -0.429 e. The van der Waals surface area contributed by atoms with E-state index in [1.54, 1.807) is 17.6 Å². The van der Waals surface area contributed by atoms with Crippen LogP contribution in [0, 0.1) is 0 Å². The van der Waals surface area contributed by atoms with Gasteiger partial charge in [-0.3, -0.25) is 13.9 Å². The van der Waals surface area contributed by atoms with Crippen molar-refractivity contribution in [3.05, 3.63) is 46.3 Å². The highest BCUT2D eigenvalue weighted by atomic mass is 31.2. The lowest BCUT2D eigenvalue weighted by Crippen LogP contribution is -2.43. The lowest BCUT2D eigenvalue weighted by molar-refractivity contribution is 0.0282. The monoisotopic (exact) mass is 541 g/mol. The molecule has 2 aliphatic rings. The maximum Gasteiger partial charge on any atom is 0.381 e. The Morgan fingerprint density at radius 2 is 1.69 bits per heavy atom. The van der Waals surface area contributed by atoms with Crippen LogP contribution in [0.25, 0.3) is 16.5 Å². The van der Waals surface area contributed by atoms with E-state index in [2.05, 4.69) is 16.8 Å². The number of allylic oxidation sites excluding steroid dienone is 1. The fraction of sp³-hybridized carbons (Fsp3) is 0.455. The van der Waals surface area contributed by atoms with Gasteiger partial charge >= 0.3 is 26.2 Å². The predicted molar refractivity (Wildman–Crippen MR) is 134 cm³/mol. The highest BCUT2D eigenvalue weighted by Crippen LogP contribution is 2.69. The van der Waals surface area contributed by atoms with E-state index in [1.807, 2.05) is 6.07 Å². The summed E-state index contributed by atoms with van der Waals surface area (Å²) in [6.45, 7) is 9.39. The second kappa shape index (κ2) is 9.22. The molecule has 5 N–H and O–H groups in total. The number of carbonyl (C=O) groups is 1. The topological polar surface area (TPSA) is 179 Å². The van der Waals surface area contributed by atoms with Crippen molar-refractivity contribution in [1.29, 1.82) is 0 Å². The lowest BCUT2D eigenvalue weighted by Gasteiger charge is -2.32. The summed E-state index contributed by atoms with van der Waals surface area (Å²) in [7, 11) is -11.3. The van der Waals surface area contributed by atoms with Crippen molar-refractivity contribution in [3.8, 4) is 0 Å². The second-order valence-electron chi connectivity index (χ2n) is 9.33. The molecule has 0 atom stereocenters. The van der Waals surface area contributed by atoms with Crippen molar-refractivity contribution >= 4 is 43.3 Å². The molecule has 36 heavy (non-hydrogen) atoms. The van der Waals surface area contributed by atoms with Crippen LogP contribution >= 0.6 is 15.2 Å². The first kappa shape index (κ1) is 26.8. The fourth-order valence-electron chi connectivity index (χ4n) is 4.21. The van der Waals surface area contributed by atoms with Crippen LogP contribution in [0.15, 0.2) is 29.7 Å². The Balaban J connectivity index is 1.90. The zero-order chi connectivity index (χ0) is 26.6. The summed E-state index contributed by atoms with van der Waals surface area (Å²) in [6, 6.07) is 3.51. The molecule has 0 unspecified atom stereocenters. The van der Waals surface area contributed by atoms with Gasteiger partial charge < -0.3 is 39.1 Å². The third kappa shape index (κ3) is 4.70. The zero-order valence-electron chi connectivity index (χ0n) is 19.9. The first-order valence-corrected chi connectivity index (χ1v) is 14.6. The minimum absolute atomic E-state index is 0.0128. The summed E-state index contributed by atoms with van der Waals surface area (Å²) in [6.07, 6.45) is 2.83. The van der Waals surface area contributed by atoms with Gasteiger partial charge in [0, 0.05) is 55.1 Å². The molecule has 4 rings (SSSR count). The van der Waals surface area contributed by atoms with E-state index in [-0.39, 0.29) is 11.4 Å². The van der Waals surface area contributed by atoms with Crippen LogP contribution in [0.3, 0.4) is 0 Å². The zero-order valence-corrected chi connectivity index (χ0v) is 21.7. The van der Waals surface area contributed by atoms with E-state index in [4.69, 9.17) is 4.74 Å². The Hall–Kier alpha value is -2.30. The second-order valence-corrected chi connectivity index (χ2v) is 13.6. The summed E-state index contributed by atoms with van der Waals surface area (Å²) in [5, 5.41) is 0.0191. The van der Waals surface area contributed by atoms with Crippen LogP contribution < -0.4 is 15.6 Å². The largest absolute Gasteiger partial charge is 0.429 e. The molecule has 2 fully saturated rings. The number of ether oxygens (including phenoxy) is 1. The molecule has 12 nitrogen and oxygen atoms in total. The van der Waals surface area contributed by atoms with Gasteiger partial charge in [0.05, 0.1) is 5.52 Å². The maximum absolute atomic E-state index is 13.5. The van der Waals surface area contributed by atoms with Crippen LogP contribution in [-0.2, 0) is 13.9 Å². The summed E-state index contributed by atoms with van der Waals surface area (Å²) in [5.41, 5.74) is 1.53. The van der Waals surface area contributed by atoms with Gasteiger partial charge in [0.25, 0.3) is 0 Å². The molecule has 1 saturated carbocycles. The van der Waals surface area contributed by atoms with Crippen molar-refractivity contribution in [3.63, 3.8) is 0 Å². The standard InChI is InChI=1S/C22H29N3O9P2/c1-13(2)15-10-16-19(11-18(15)24-8-6-23-7-9-24)25(14-4-5-14)12-17(20(16)26)21(27)34-22(3,35(28,29)30)36(31,32)33/h10-12,14,23H,1,4-9H2,2-3H3,(H2,28,29,30)(H2,31,32,33). The Labute approximate surface area is 206 Å². The number of aromatic nitrogens is 1. The van der Waals surface area contributed by atoms with Crippen molar-refractivity contribution in [2.75, 3.05) is 31.1 Å². The molecule has 1 aliphatic heterocycles. The van der Waals surface area contributed by atoms with Crippen molar-refractivity contribution in [2.24, 2.45) is 0 Å². The van der Waals surface area contributed by atoms with E-state index in [9.17, 15) is 38.3 Å². The molecule has 2 aromatic rings. The van der Waals surface area contributed by atoms with Crippen LogP contribution in [-0.4, -0.2) is 61.4 Å². The molecular weight excluding hydrogens is 512 g/mol. The molecule has 1 saturated heterocycles. The van der Waals surface area contributed by atoms with Gasteiger partial charge in [0.15, 0.2) is 0 Å². The third-order valence-corrected chi connectivity index (χ3v) is 10.5. The van der Waals surface area contributed by atoms with Crippen molar-refractivity contribution in [1.82, 2.24) is 9.88 Å². The van der Waals surface area contributed by atoms with Gasteiger partial charge in [-0.1, -0.05) is 6.58 Å². The van der Waals surface area contributed by atoms with Crippen LogP contribution in [0.2, 0.25) is 0 Å². The normalized spacial score (nSPS) is 17.3. The van der Waals surface area contributed by atoms with Gasteiger partial charge in [-0.2, -0.15) is 0 Å². The molecular formula is C22H29N3O9P2. The molecule has 1 aliphatic carbocycles. The van der Waals surface area contributed by atoms with E-state index in [0.29, 0.717) is 23.6 Å². The molecule has 1 aromatic heterocycles. The van der Waals surface area contributed by atoms with E-state index < -0.39 is 37.2 Å². The van der Waals surface area contributed by atoms with Gasteiger partial charge in [-0.15, -0.1) is 0 Å². The number of rotatable bonds is 7. The number of hydrogen-bond acceptors (Lipinski definition) is 7. The van der Waals surface area contributed by atoms with E-state index in [1.165, 1.54) is 6.20 Å². The van der Waals surface area contributed by atoms with Gasteiger partial charge in [0.1, 0.15) is 5.56 Å². The van der Waals surface area contributed by atoms with Crippen LogP contribution in [0.5, 0.6) is 0 Å². The number of anilines is 1. The Morgan fingerprint density at radius 1 is 1.11 bits per heavy atom. The third-order valence-electron chi connectivity index (χ3n) is 6.59. The Morgan fingerprint density at radius 3 is 2.19 bits per heavy atom. The van der Waals surface area contributed by atoms with Gasteiger partial charge in [-0.25, -0.2) is 4.79 Å². The Kier molecular flexibility index (Phi) is 6.85. The number of piperazine rings is 1. The van der Waals surface area contributed by atoms with Gasteiger partial charge in [0.2, 0.25) is 5.43 Å². The van der Waals surface area contributed by atoms with Crippen molar-refractivity contribution in [2.45, 2.75) is 37.8 Å². The molecule has 0 bridgehead atoms. The molecule has 2 heterocycles. The predicted octanol–water partition coefficient (Wildman–Crippen LogP) is 1.96. The number of nitrogens with one attached hydrogen (secondary N) is 1.